The number of hydrogen-bond acceptors (Lipinski definition) is 2. The summed E-state index contributed by atoms with van der Waals surface area (Å²) >= 11 is 0. The van der Waals surface area contributed by atoms with Gasteiger partial charge in [-0.3, -0.25) is 4.79 Å². The first kappa shape index (κ1) is 16.4. The van der Waals surface area contributed by atoms with E-state index in [1.807, 2.05) is 31.2 Å². The van der Waals surface area contributed by atoms with Crippen LogP contribution in [0.3, 0.4) is 0 Å². The van der Waals surface area contributed by atoms with Crippen molar-refractivity contribution in [3.8, 4) is 0 Å². The van der Waals surface area contributed by atoms with E-state index in [0.29, 0.717) is 12.8 Å². The average molecular weight is 295 g/mol. The molecule has 22 heavy (non-hydrogen) atoms. The van der Waals surface area contributed by atoms with Crippen molar-refractivity contribution in [1.29, 1.82) is 0 Å². The molecule has 0 aliphatic carbocycles. The summed E-state index contributed by atoms with van der Waals surface area (Å²) in [5, 5.41) is 0. The standard InChI is InChI=1S/C20H25NO/c1-4-16-9-10-17(15(3)13-16)19(21)11-12-20(22)18-8-6-5-7-14(18)2/h5-10,13,19H,4,11-12,21H2,1-3H3. The van der Waals surface area contributed by atoms with E-state index in [1.54, 1.807) is 0 Å². The van der Waals surface area contributed by atoms with Gasteiger partial charge in [0.1, 0.15) is 0 Å². The number of aryl methyl sites for hydroxylation is 3. The third kappa shape index (κ3) is 3.83. The van der Waals surface area contributed by atoms with Gasteiger partial charge < -0.3 is 5.73 Å². The second-order valence-electron chi connectivity index (χ2n) is 5.93. The zero-order valence-corrected chi connectivity index (χ0v) is 13.7. The van der Waals surface area contributed by atoms with Gasteiger partial charge in [0.2, 0.25) is 0 Å². The van der Waals surface area contributed by atoms with E-state index in [9.17, 15) is 4.79 Å². The molecule has 0 spiro atoms. The predicted octanol–water partition coefficient (Wildman–Crippen LogP) is 4.53. The Morgan fingerprint density at radius 2 is 1.82 bits per heavy atom. The highest BCUT2D eigenvalue weighted by Crippen LogP contribution is 2.22. The minimum Gasteiger partial charge on any atom is -0.324 e. The van der Waals surface area contributed by atoms with E-state index < -0.39 is 0 Å². The Kier molecular flexibility index (Phi) is 5.51. The molecule has 0 saturated heterocycles. The molecule has 1 unspecified atom stereocenters. The van der Waals surface area contributed by atoms with Crippen LogP contribution in [-0.4, -0.2) is 5.78 Å². The average Bonchev–Trinajstić information content (AvgIpc) is 2.52. The van der Waals surface area contributed by atoms with Crippen molar-refractivity contribution in [1.82, 2.24) is 0 Å². The molecule has 2 aromatic rings. The van der Waals surface area contributed by atoms with Crippen LogP contribution in [0, 0.1) is 13.8 Å². The molecule has 0 aromatic heterocycles. The molecule has 1 atom stereocenters. The molecule has 2 N–H and O–H groups in total. The Labute approximate surface area is 133 Å². The first-order valence-electron chi connectivity index (χ1n) is 7.96. The van der Waals surface area contributed by atoms with E-state index in [2.05, 4.69) is 32.0 Å². The summed E-state index contributed by atoms with van der Waals surface area (Å²) in [7, 11) is 0. The SMILES string of the molecule is CCc1ccc(C(N)CCC(=O)c2ccccc2C)c(C)c1. The number of Topliss-reactive ketones (excluding diaryl/α,β-unsaturated/α-hetero) is 1. The van der Waals surface area contributed by atoms with E-state index in [1.165, 1.54) is 11.1 Å². The summed E-state index contributed by atoms with van der Waals surface area (Å²) < 4.78 is 0. The summed E-state index contributed by atoms with van der Waals surface area (Å²) in [6.45, 7) is 6.22. The Morgan fingerprint density at radius 3 is 2.45 bits per heavy atom. The van der Waals surface area contributed by atoms with E-state index >= 15 is 0 Å². The molecule has 2 aromatic carbocycles. The maximum absolute atomic E-state index is 12.3. The third-order valence-corrected chi connectivity index (χ3v) is 4.27. The van der Waals surface area contributed by atoms with Crippen LogP contribution < -0.4 is 5.73 Å². The van der Waals surface area contributed by atoms with Gasteiger partial charge in [0.15, 0.2) is 5.78 Å². The molecule has 0 radical (unpaired) electrons. The summed E-state index contributed by atoms with van der Waals surface area (Å²) in [5.74, 6) is 0.177. The van der Waals surface area contributed by atoms with Gasteiger partial charge in [0.05, 0.1) is 0 Å². The number of nitrogens with two attached hydrogens (primary N) is 1. The first-order valence-corrected chi connectivity index (χ1v) is 7.96. The first-order chi connectivity index (χ1) is 10.5. The number of benzene rings is 2. The number of rotatable bonds is 6. The van der Waals surface area contributed by atoms with Crippen molar-refractivity contribution >= 4 is 5.78 Å². The van der Waals surface area contributed by atoms with E-state index in [-0.39, 0.29) is 11.8 Å². The fourth-order valence-corrected chi connectivity index (χ4v) is 2.84. The second kappa shape index (κ2) is 7.37. The highest BCUT2D eigenvalue weighted by molar-refractivity contribution is 5.97. The topological polar surface area (TPSA) is 43.1 Å². The number of ketones is 1. The maximum atomic E-state index is 12.3. The minimum atomic E-state index is -0.0844. The zero-order valence-electron chi connectivity index (χ0n) is 13.7. The van der Waals surface area contributed by atoms with Crippen LogP contribution >= 0.6 is 0 Å². The van der Waals surface area contributed by atoms with Crippen molar-refractivity contribution in [3.63, 3.8) is 0 Å². The number of carbonyl (C=O) groups excluding carboxylic acids is 1. The molecular weight excluding hydrogens is 270 g/mol. The fraction of sp³-hybridized carbons (Fsp3) is 0.350. The summed E-state index contributed by atoms with van der Waals surface area (Å²) in [4.78, 5) is 12.3. The molecule has 0 bridgehead atoms. The summed E-state index contributed by atoms with van der Waals surface area (Å²) in [6.07, 6.45) is 2.20. The molecule has 2 nitrogen and oxygen atoms in total. The Balaban J connectivity index is 2.02. The molecule has 0 aliphatic rings. The van der Waals surface area contributed by atoms with Gasteiger partial charge in [-0.25, -0.2) is 0 Å². The highest BCUT2D eigenvalue weighted by atomic mass is 16.1. The van der Waals surface area contributed by atoms with Crippen LogP contribution in [0.5, 0.6) is 0 Å². The molecule has 0 fully saturated rings. The largest absolute Gasteiger partial charge is 0.324 e. The lowest BCUT2D eigenvalue weighted by atomic mass is 9.93. The van der Waals surface area contributed by atoms with Gasteiger partial charge in [-0.2, -0.15) is 0 Å². The minimum absolute atomic E-state index is 0.0844. The van der Waals surface area contributed by atoms with Crippen LogP contribution in [0.2, 0.25) is 0 Å². The normalized spacial score (nSPS) is 12.2. The number of carbonyl (C=O) groups is 1. The van der Waals surface area contributed by atoms with Crippen LogP contribution in [0.25, 0.3) is 0 Å². The molecule has 2 heteroatoms. The van der Waals surface area contributed by atoms with Crippen molar-refractivity contribution in [2.24, 2.45) is 5.73 Å². The quantitative estimate of drug-likeness (QED) is 0.796. The molecule has 0 saturated carbocycles. The van der Waals surface area contributed by atoms with Crippen LogP contribution in [0.4, 0.5) is 0 Å². The molecular formula is C20H25NO. The maximum Gasteiger partial charge on any atom is 0.163 e. The Hall–Kier alpha value is -1.93. The molecule has 0 heterocycles. The molecule has 2 rings (SSSR count). The molecule has 116 valence electrons. The lowest BCUT2D eigenvalue weighted by molar-refractivity contribution is 0.0977. The van der Waals surface area contributed by atoms with Gasteiger partial charge in [0.25, 0.3) is 0 Å². The highest BCUT2D eigenvalue weighted by Gasteiger charge is 2.14. The smallest absolute Gasteiger partial charge is 0.163 e. The zero-order chi connectivity index (χ0) is 16.1. The van der Waals surface area contributed by atoms with Gasteiger partial charge in [0, 0.05) is 18.0 Å². The second-order valence-corrected chi connectivity index (χ2v) is 5.93. The van der Waals surface area contributed by atoms with Crippen molar-refractivity contribution in [2.45, 2.75) is 46.1 Å². The van der Waals surface area contributed by atoms with Crippen molar-refractivity contribution < 1.29 is 4.79 Å². The van der Waals surface area contributed by atoms with Gasteiger partial charge in [-0.1, -0.05) is 49.4 Å². The Morgan fingerprint density at radius 1 is 1.09 bits per heavy atom. The van der Waals surface area contributed by atoms with Crippen LogP contribution in [0.1, 0.15) is 58.4 Å². The van der Waals surface area contributed by atoms with E-state index in [4.69, 9.17) is 5.73 Å². The monoisotopic (exact) mass is 295 g/mol. The van der Waals surface area contributed by atoms with Crippen molar-refractivity contribution in [3.05, 3.63) is 70.3 Å². The summed E-state index contributed by atoms with van der Waals surface area (Å²) in [6, 6.07) is 14.1. The fourth-order valence-electron chi connectivity index (χ4n) is 2.84. The van der Waals surface area contributed by atoms with Crippen LogP contribution in [0.15, 0.2) is 42.5 Å². The molecule has 0 amide bonds. The van der Waals surface area contributed by atoms with E-state index in [0.717, 1.165) is 23.1 Å². The Bertz CT molecular complexity index is 661. The third-order valence-electron chi connectivity index (χ3n) is 4.27. The van der Waals surface area contributed by atoms with Crippen LogP contribution in [-0.2, 0) is 6.42 Å². The lowest BCUT2D eigenvalue weighted by Crippen LogP contribution is -2.14. The van der Waals surface area contributed by atoms with Crippen molar-refractivity contribution in [2.75, 3.05) is 0 Å². The van der Waals surface area contributed by atoms with Gasteiger partial charge in [-0.05, 0) is 48.9 Å². The van der Waals surface area contributed by atoms with Gasteiger partial charge >= 0.3 is 0 Å². The number of hydrogen-bond donors (Lipinski definition) is 1. The van der Waals surface area contributed by atoms with Gasteiger partial charge in [-0.15, -0.1) is 0 Å². The summed E-state index contributed by atoms with van der Waals surface area (Å²) in [5.41, 5.74) is 11.8. The molecule has 0 aliphatic heterocycles. The predicted molar refractivity (Wildman–Crippen MR) is 92.2 cm³/mol. The lowest BCUT2D eigenvalue weighted by Gasteiger charge is -2.15.